The van der Waals surface area contributed by atoms with Crippen LogP contribution in [0, 0.1) is 0 Å². The molecule has 6 nitrogen and oxygen atoms in total. The molecule has 1 aromatic rings. The zero-order valence-electron chi connectivity index (χ0n) is 12.1. The van der Waals surface area contributed by atoms with Gasteiger partial charge in [0.15, 0.2) is 6.54 Å². The molecule has 0 radical (unpaired) electrons. The van der Waals surface area contributed by atoms with Crippen molar-refractivity contribution < 1.29 is 28.0 Å². The molecule has 8 heteroatoms. The second-order valence-electron chi connectivity index (χ2n) is 5.11. The minimum absolute atomic E-state index is 0.0983. The lowest BCUT2D eigenvalue weighted by Crippen LogP contribution is -3.08. The Kier molecular flexibility index (Phi) is 5.26. The molecule has 1 aliphatic heterocycles. The van der Waals surface area contributed by atoms with Crippen LogP contribution in [0.1, 0.15) is 5.56 Å². The second-order valence-corrected chi connectivity index (χ2v) is 5.11. The van der Waals surface area contributed by atoms with E-state index in [2.05, 4.69) is 10.1 Å². The Morgan fingerprint density at radius 3 is 2.64 bits per heavy atom. The van der Waals surface area contributed by atoms with E-state index in [-0.39, 0.29) is 24.2 Å². The molecule has 0 aromatic heterocycles. The molecule has 2 rings (SSSR count). The van der Waals surface area contributed by atoms with E-state index in [0.29, 0.717) is 19.6 Å². The van der Waals surface area contributed by atoms with Crippen LogP contribution in [0.5, 0.6) is 5.75 Å². The summed E-state index contributed by atoms with van der Waals surface area (Å²) in [6.45, 7) is -1.25. The van der Waals surface area contributed by atoms with E-state index in [4.69, 9.17) is 0 Å². The van der Waals surface area contributed by atoms with Gasteiger partial charge >= 0.3 is 12.6 Å². The highest BCUT2D eigenvalue weighted by Crippen LogP contribution is 2.14. The van der Waals surface area contributed by atoms with Crippen molar-refractivity contribution in [1.29, 1.82) is 0 Å². The third-order valence-corrected chi connectivity index (χ3v) is 3.27. The molecule has 1 aromatic carbocycles. The van der Waals surface area contributed by atoms with E-state index < -0.39 is 6.61 Å². The van der Waals surface area contributed by atoms with Crippen molar-refractivity contribution >= 4 is 11.9 Å². The largest absolute Gasteiger partial charge is 0.435 e. The molecular weight excluding hydrogens is 296 g/mol. The normalized spacial score (nSPS) is 15.8. The molecule has 1 fully saturated rings. The van der Waals surface area contributed by atoms with Crippen LogP contribution >= 0.6 is 0 Å². The number of nitrogens with one attached hydrogen (secondary N) is 2. The number of alkyl halides is 2. The molecule has 0 bridgehead atoms. The summed E-state index contributed by atoms with van der Waals surface area (Å²) in [5.74, 6) is -0.133. The van der Waals surface area contributed by atoms with Crippen molar-refractivity contribution in [2.45, 2.75) is 13.2 Å². The fourth-order valence-electron chi connectivity index (χ4n) is 2.26. The Morgan fingerprint density at radius 2 is 2.09 bits per heavy atom. The lowest BCUT2D eigenvalue weighted by atomic mass is 10.2. The van der Waals surface area contributed by atoms with Gasteiger partial charge in [-0.25, -0.2) is 4.79 Å². The smallest absolute Gasteiger partial charge is 0.387 e. The van der Waals surface area contributed by atoms with Gasteiger partial charge in [-0.2, -0.15) is 8.78 Å². The number of urea groups is 1. The number of ether oxygens (including phenoxy) is 1. The van der Waals surface area contributed by atoms with Gasteiger partial charge in [-0.3, -0.25) is 9.69 Å². The monoisotopic (exact) mass is 314 g/mol. The van der Waals surface area contributed by atoms with Crippen LogP contribution < -0.4 is 15.0 Å². The molecule has 1 saturated heterocycles. The number of amides is 3. The minimum atomic E-state index is -2.84. The highest BCUT2D eigenvalue weighted by Gasteiger charge is 2.28. The summed E-state index contributed by atoms with van der Waals surface area (Å²) in [4.78, 5) is 25.5. The van der Waals surface area contributed by atoms with Crippen LogP contribution in [-0.4, -0.2) is 50.1 Å². The van der Waals surface area contributed by atoms with Crippen molar-refractivity contribution in [2.75, 3.05) is 26.7 Å². The maximum atomic E-state index is 12.1. The molecule has 1 atom stereocenters. The lowest BCUT2D eigenvalue weighted by Gasteiger charge is -2.17. The third kappa shape index (κ3) is 4.39. The number of benzene rings is 1. The van der Waals surface area contributed by atoms with Gasteiger partial charge in [0.25, 0.3) is 5.91 Å². The van der Waals surface area contributed by atoms with Gasteiger partial charge < -0.3 is 15.0 Å². The molecule has 1 aliphatic rings. The predicted octanol–water partition coefficient (Wildman–Crippen LogP) is -0.145. The Bertz CT molecular complexity index is 537. The summed E-state index contributed by atoms with van der Waals surface area (Å²) >= 11 is 0. The third-order valence-electron chi connectivity index (χ3n) is 3.27. The summed E-state index contributed by atoms with van der Waals surface area (Å²) in [7, 11) is 1.83. The Hall–Kier alpha value is -2.22. The van der Waals surface area contributed by atoms with Gasteiger partial charge in [-0.05, 0) is 24.3 Å². The molecule has 0 spiro atoms. The number of hydrogen-bond donors (Lipinski definition) is 2. The summed E-state index contributed by atoms with van der Waals surface area (Å²) in [6.07, 6.45) is 0. The zero-order valence-corrected chi connectivity index (χ0v) is 12.1. The number of carbonyl (C=O) groups is 2. The average molecular weight is 314 g/mol. The van der Waals surface area contributed by atoms with Crippen molar-refractivity contribution in [2.24, 2.45) is 0 Å². The number of rotatable bonds is 6. The first-order valence-corrected chi connectivity index (χ1v) is 6.89. The molecule has 0 saturated carbocycles. The van der Waals surface area contributed by atoms with Crippen LogP contribution in [0.15, 0.2) is 24.3 Å². The van der Waals surface area contributed by atoms with Crippen LogP contribution in [0.3, 0.4) is 0 Å². The van der Waals surface area contributed by atoms with Gasteiger partial charge in [-0.15, -0.1) is 0 Å². The van der Waals surface area contributed by atoms with Crippen molar-refractivity contribution in [1.82, 2.24) is 10.2 Å². The molecular formula is C14H18F2N3O3+. The molecule has 22 heavy (non-hydrogen) atoms. The molecule has 1 unspecified atom stereocenters. The molecule has 2 N–H and O–H groups in total. The first kappa shape index (κ1) is 16.2. The molecule has 0 aliphatic carbocycles. The fraction of sp³-hybridized carbons (Fsp3) is 0.429. The standard InChI is InChI=1S/C14H17F2N3O3/c1-18(9-12(20)19-7-6-17-14(19)21)8-10-2-4-11(5-3-10)22-13(15)16/h2-5,13H,6-9H2,1H3,(H,17,21)/p+1. The van der Waals surface area contributed by atoms with E-state index in [0.717, 1.165) is 10.5 Å². The maximum Gasteiger partial charge on any atom is 0.387 e. The van der Waals surface area contributed by atoms with E-state index >= 15 is 0 Å². The topological polar surface area (TPSA) is 63.1 Å². The predicted molar refractivity (Wildman–Crippen MR) is 73.6 cm³/mol. The number of nitrogens with zero attached hydrogens (tertiary/aromatic N) is 1. The van der Waals surface area contributed by atoms with Crippen molar-refractivity contribution in [3.05, 3.63) is 29.8 Å². The second kappa shape index (κ2) is 7.17. The Morgan fingerprint density at radius 1 is 1.41 bits per heavy atom. The number of imide groups is 1. The summed E-state index contributed by atoms with van der Waals surface area (Å²) in [5, 5.41) is 2.58. The first-order valence-electron chi connectivity index (χ1n) is 6.89. The average Bonchev–Trinajstić information content (AvgIpc) is 2.86. The van der Waals surface area contributed by atoms with E-state index in [1.54, 1.807) is 12.1 Å². The van der Waals surface area contributed by atoms with Crippen LogP contribution in [0.4, 0.5) is 13.6 Å². The molecule has 1 heterocycles. The summed E-state index contributed by atoms with van der Waals surface area (Å²) in [6, 6.07) is 5.92. The number of likely N-dealkylation sites (N-methyl/N-ethyl adjacent to an activating group) is 1. The van der Waals surface area contributed by atoms with Gasteiger partial charge in [0.1, 0.15) is 12.3 Å². The number of carbonyl (C=O) groups excluding carboxylic acids is 2. The van der Waals surface area contributed by atoms with Gasteiger partial charge in [0.05, 0.1) is 7.05 Å². The lowest BCUT2D eigenvalue weighted by molar-refractivity contribution is -0.885. The van der Waals surface area contributed by atoms with Gasteiger partial charge in [0, 0.05) is 18.7 Å². The minimum Gasteiger partial charge on any atom is -0.435 e. The van der Waals surface area contributed by atoms with Crippen LogP contribution in [0.2, 0.25) is 0 Å². The van der Waals surface area contributed by atoms with Crippen molar-refractivity contribution in [3.63, 3.8) is 0 Å². The Labute approximate surface area is 126 Å². The quantitative estimate of drug-likeness (QED) is 0.768. The van der Waals surface area contributed by atoms with Crippen molar-refractivity contribution in [3.8, 4) is 5.75 Å². The van der Waals surface area contributed by atoms with Crippen LogP contribution in [-0.2, 0) is 11.3 Å². The highest BCUT2D eigenvalue weighted by atomic mass is 19.3. The van der Waals surface area contributed by atoms with Gasteiger partial charge in [0.2, 0.25) is 0 Å². The maximum absolute atomic E-state index is 12.1. The Balaban J connectivity index is 1.84. The summed E-state index contributed by atoms with van der Waals surface area (Å²) < 4.78 is 28.4. The number of hydrogen-bond acceptors (Lipinski definition) is 3. The highest BCUT2D eigenvalue weighted by molar-refractivity contribution is 5.96. The molecule has 120 valence electrons. The number of halogens is 2. The molecule has 3 amide bonds. The number of quaternary nitrogens is 1. The zero-order chi connectivity index (χ0) is 16.1. The fourth-order valence-corrected chi connectivity index (χ4v) is 2.26. The van der Waals surface area contributed by atoms with E-state index in [1.807, 2.05) is 7.05 Å². The first-order chi connectivity index (χ1) is 10.5. The van der Waals surface area contributed by atoms with Gasteiger partial charge in [-0.1, -0.05) is 0 Å². The van der Waals surface area contributed by atoms with Crippen LogP contribution in [0.25, 0.3) is 0 Å². The SMILES string of the molecule is C[NH+](CC(=O)N1CCNC1=O)Cc1ccc(OC(F)F)cc1. The van der Waals surface area contributed by atoms with E-state index in [1.165, 1.54) is 17.0 Å². The van der Waals surface area contributed by atoms with E-state index in [9.17, 15) is 18.4 Å². The summed E-state index contributed by atoms with van der Waals surface area (Å²) in [5.41, 5.74) is 0.887.